The van der Waals surface area contributed by atoms with Crippen molar-refractivity contribution < 1.29 is 14.3 Å². The van der Waals surface area contributed by atoms with Gasteiger partial charge in [0, 0.05) is 0 Å². The lowest BCUT2D eigenvalue weighted by atomic mass is 10.0. The Morgan fingerprint density at radius 1 is 1.29 bits per heavy atom. The Morgan fingerprint density at radius 2 is 1.94 bits per heavy atom. The maximum absolute atomic E-state index is 11.9. The van der Waals surface area contributed by atoms with Gasteiger partial charge in [-0.1, -0.05) is 6.42 Å². The molecule has 0 saturated carbocycles. The van der Waals surface area contributed by atoms with Crippen LogP contribution in [0.5, 0.6) is 0 Å². The van der Waals surface area contributed by atoms with Crippen molar-refractivity contribution in [2.24, 2.45) is 0 Å². The highest BCUT2D eigenvalue weighted by Gasteiger charge is 2.28. The molecule has 1 heterocycles. The van der Waals surface area contributed by atoms with E-state index in [2.05, 4.69) is 5.32 Å². The van der Waals surface area contributed by atoms with Gasteiger partial charge in [-0.3, -0.25) is 15.0 Å². The van der Waals surface area contributed by atoms with Gasteiger partial charge < -0.3 is 4.74 Å². The van der Waals surface area contributed by atoms with E-state index >= 15 is 0 Å². The lowest BCUT2D eigenvalue weighted by Crippen LogP contribution is -2.50. The van der Waals surface area contributed by atoms with Gasteiger partial charge in [-0.2, -0.15) is 0 Å². The predicted octanol–water partition coefficient (Wildman–Crippen LogP) is 1.52. The number of imide groups is 1. The van der Waals surface area contributed by atoms with E-state index in [0.29, 0.717) is 0 Å². The highest BCUT2D eigenvalue weighted by Crippen LogP contribution is 2.15. The largest absolute Gasteiger partial charge is 0.444 e. The number of rotatable bonds is 1. The first-order valence-corrected chi connectivity index (χ1v) is 6.04. The standard InChI is InChI=1S/C12H22N2O3/c1-12(2,3)17-11(16)13-10(15)9-7-5-6-8-14(9)4/h9H,5-8H2,1-4H3,(H,13,15,16). The minimum atomic E-state index is -0.665. The Balaban J connectivity index is 2.45. The van der Waals surface area contributed by atoms with Gasteiger partial charge in [-0.15, -0.1) is 0 Å². The van der Waals surface area contributed by atoms with E-state index in [1.54, 1.807) is 20.8 Å². The van der Waals surface area contributed by atoms with Crippen LogP contribution in [0.3, 0.4) is 0 Å². The van der Waals surface area contributed by atoms with Crippen LogP contribution in [0, 0.1) is 0 Å². The molecule has 0 radical (unpaired) electrons. The van der Waals surface area contributed by atoms with Crippen LogP contribution in [0.15, 0.2) is 0 Å². The molecule has 0 aromatic heterocycles. The lowest BCUT2D eigenvalue weighted by Gasteiger charge is -2.31. The summed E-state index contributed by atoms with van der Waals surface area (Å²) in [6.45, 7) is 6.20. The molecule has 0 spiro atoms. The quantitative estimate of drug-likeness (QED) is 0.757. The summed E-state index contributed by atoms with van der Waals surface area (Å²) in [4.78, 5) is 25.3. The van der Waals surface area contributed by atoms with E-state index in [0.717, 1.165) is 25.8 Å². The monoisotopic (exact) mass is 242 g/mol. The van der Waals surface area contributed by atoms with Crippen molar-refractivity contribution in [3.05, 3.63) is 0 Å². The fourth-order valence-electron chi connectivity index (χ4n) is 1.89. The third kappa shape index (κ3) is 4.73. The van der Waals surface area contributed by atoms with Gasteiger partial charge in [0.25, 0.3) is 0 Å². The van der Waals surface area contributed by atoms with E-state index < -0.39 is 11.7 Å². The number of carbonyl (C=O) groups excluding carboxylic acids is 2. The number of nitrogens with zero attached hydrogens (tertiary/aromatic N) is 1. The molecule has 17 heavy (non-hydrogen) atoms. The number of hydrogen-bond acceptors (Lipinski definition) is 4. The zero-order valence-corrected chi connectivity index (χ0v) is 11.1. The van der Waals surface area contributed by atoms with Crippen molar-refractivity contribution >= 4 is 12.0 Å². The van der Waals surface area contributed by atoms with Crippen LogP contribution in [0.25, 0.3) is 0 Å². The first kappa shape index (κ1) is 14.0. The van der Waals surface area contributed by atoms with Gasteiger partial charge in [0.2, 0.25) is 5.91 Å². The van der Waals surface area contributed by atoms with Crippen LogP contribution in [-0.2, 0) is 9.53 Å². The highest BCUT2D eigenvalue weighted by molar-refractivity contribution is 5.94. The second-order valence-corrected chi connectivity index (χ2v) is 5.48. The van der Waals surface area contributed by atoms with Gasteiger partial charge >= 0.3 is 6.09 Å². The summed E-state index contributed by atoms with van der Waals surface area (Å²) in [6, 6.07) is -0.212. The van der Waals surface area contributed by atoms with Crippen molar-refractivity contribution in [2.45, 2.75) is 51.7 Å². The minimum Gasteiger partial charge on any atom is -0.444 e. The number of piperidine rings is 1. The molecule has 1 N–H and O–H groups in total. The van der Waals surface area contributed by atoms with Crippen LogP contribution in [0.2, 0.25) is 0 Å². The SMILES string of the molecule is CN1CCCCC1C(=O)NC(=O)OC(C)(C)C. The van der Waals surface area contributed by atoms with Crippen LogP contribution in [-0.4, -0.2) is 42.1 Å². The fourth-order valence-corrected chi connectivity index (χ4v) is 1.89. The average molecular weight is 242 g/mol. The Hall–Kier alpha value is -1.10. The molecule has 0 aromatic rings. The summed E-state index contributed by atoms with van der Waals surface area (Å²) in [5.41, 5.74) is -0.581. The maximum atomic E-state index is 11.9. The number of amides is 2. The number of nitrogens with one attached hydrogen (secondary N) is 1. The molecule has 1 atom stereocenters. The molecule has 5 nitrogen and oxygen atoms in total. The van der Waals surface area contributed by atoms with Crippen LogP contribution < -0.4 is 5.32 Å². The van der Waals surface area contributed by atoms with Crippen molar-refractivity contribution in [3.63, 3.8) is 0 Å². The van der Waals surface area contributed by atoms with E-state index in [9.17, 15) is 9.59 Å². The molecule has 1 aliphatic rings. The van der Waals surface area contributed by atoms with Gasteiger partial charge in [-0.05, 0) is 47.2 Å². The second kappa shape index (κ2) is 5.49. The second-order valence-electron chi connectivity index (χ2n) is 5.48. The van der Waals surface area contributed by atoms with E-state index in [1.807, 2.05) is 11.9 Å². The molecule has 1 aliphatic heterocycles. The molecular formula is C12H22N2O3. The number of carbonyl (C=O) groups is 2. The first-order chi connectivity index (χ1) is 7.79. The minimum absolute atomic E-state index is 0.212. The van der Waals surface area contributed by atoms with Crippen LogP contribution in [0.1, 0.15) is 40.0 Å². The molecule has 1 unspecified atom stereocenters. The van der Waals surface area contributed by atoms with Gasteiger partial charge in [-0.25, -0.2) is 4.79 Å². The molecule has 0 bridgehead atoms. The number of likely N-dealkylation sites (tertiary alicyclic amines) is 1. The third-order valence-corrected chi connectivity index (χ3v) is 2.70. The van der Waals surface area contributed by atoms with Crippen molar-refractivity contribution in [2.75, 3.05) is 13.6 Å². The summed E-state index contributed by atoms with van der Waals surface area (Å²) < 4.78 is 5.05. The summed E-state index contributed by atoms with van der Waals surface area (Å²) in [5.74, 6) is -0.263. The molecule has 5 heteroatoms. The zero-order chi connectivity index (χ0) is 13.1. The van der Waals surface area contributed by atoms with Crippen LogP contribution in [0.4, 0.5) is 4.79 Å². The number of hydrogen-bond donors (Lipinski definition) is 1. The molecular weight excluding hydrogens is 220 g/mol. The molecule has 1 fully saturated rings. The van der Waals surface area contributed by atoms with Crippen LogP contribution >= 0.6 is 0 Å². The summed E-state index contributed by atoms with van der Waals surface area (Å²) in [7, 11) is 1.90. The average Bonchev–Trinajstić information content (AvgIpc) is 2.14. The summed E-state index contributed by atoms with van der Waals surface area (Å²) in [5, 5.41) is 2.29. The van der Waals surface area contributed by atoms with Gasteiger partial charge in [0.05, 0.1) is 6.04 Å². The molecule has 1 rings (SSSR count). The number of alkyl carbamates (subject to hydrolysis) is 1. The highest BCUT2D eigenvalue weighted by atomic mass is 16.6. The normalized spacial score (nSPS) is 22.0. The number of ether oxygens (including phenoxy) is 1. The lowest BCUT2D eigenvalue weighted by molar-refractivity contribution is -0.126. The van der Waals surface area contributed by atoms with Gasteiger partial charge in [0.15, 0.2) is 0 Å². The fraction of sp³-hybridized carbons (Fsp3) is 0.833. The third-order valence-electron chi connectivity index (χ3n) is 2.70. The molecule has 0 aliphatic carbocycles. The Morgan fingerprint density at radius 3 is 2.47 bits per heavy atom. The Bertz CT molecular complexity index is 297. The van der Waals surface area contributed by atoms with Gasteiger partial charge in [0.1, 0.15) is 5.60 Å². The smallest absolute Gasteiger partial charge is 0.414 e. The first-order valence-electron chi connectivity index (χ1n) is 6.04. The Kier molecular flexibility index (Phi) is 4.51. The summed E-state index contributed by atoms with van der Waals surface area (Å²) in [6.07, 6.45) is 2.26. The Labute approximate surface area is 102 Å². The topological polar surface area (TPSA) is 58.6 Å². The van der Waals surface area contributed by atoms with Crippen molar-refractivity contribution in [1.29, 1.82) is 0 Å². The molecule has 1 saturated heterocycles. The molecule has 0 aromatic carbocycles. The van der Waals surface area contributed by atoms with Crippen molar-refractivity contribution in [3.8, 4) is 0 Å². The summed E-state index contributed by atoms with van der Waals surface area (Å²) >= 11 is 0. The number of likely N-dealkylation sites (N-methyl/N-ethyl adjacent to an activating group) is 1. The zero-order valence-electron chi connectivity index (χ0n) is 11.1. The molecule has 98 valence electrons. The van der Waals surface area contributed by atoms with E-state index in [1.165, 1.54) is 0 Å². The predicted molar refractivity (Wildman–Crippen MR) is 64.6 cm³/mol. The van der Waals surface area contributed by atoms with Crippen molar-refractivity contribution in [1.82, 2.24) is 10.2 Å². The van der Waals surface area contributed by atoms with E-state index in [4.69, 9.17) is 4.74 Å². The maximum Gasteiger partial charge on any atom is 0.414 e. The molecule has 2 amide bonds. The van der Waals surface area contributed by atoms with E-state index in [-0.39, 0.29) is 11.9 Å².